The fourth-order valence-corrected chi connectivity index (χ4v) is 1.59. The van der Waals surface area contributed by atoms with Crippen LogP contribution in [0, 0.1) is 0 Å². The molecule has 1 rings (SSSR count). The highest BCUT2D eigenvalue weighted by molar-refractivity contribution is 5.95. The number of benzene rings is 1. The highest BCUT2D eigenvalue weighted by Crippen LogP contribution is 2.27. The first-order chi connectivity index (χ1) is 7.61. The lowest BCUT2D eigenvalue weighted by Crippen LogP contribution is -2.14. The van der Waals surface area contributed by atoms with Crippen LogP contribution in [0.2, 0.25) is 0 Å². The number of rotatable bonds is 5. The van der Waals surface area contributed by atoms with Crippen LogP contribution in [-0.2, 0) is 12.8 Å². The smallest absolute Gasteiger partial charge is 0.249 e. The Morgan fingerprint density at radius 2 is 1.94 bits per heavy atom. The van der Waals surface area contributed by atoms with Gasteiger partial charge in [-0.15, -0.1) is 13.2 Å². The van der Waals surface area contributed by atoms with Crippen LogP contribution in [0.5, 0.6) is 5.75 Å². The number of hydrogen-bond donors (Lipinski definition) is 2. The Bertz CT molecular complexity index is 436. The molecule has 0 bridgehead atoms. The molecule has 0 saturated heterocycles. The first-order valence-electron chi connectivity index (χ1n) is 4.97. The molecule has 84 valence electrons. The second-order valence-electron chi connectivity index (χ2n) is 3.45. The van der Waals surface area contributed by atoms with E-state index in [-0.39, 0.29) is 5.75 Å². The molecule has 0 unspecified atom stereocenters. The Kier molecular flexibility index (Phi) is 3.89. The summed E-state index contributed by atoms with van der Waals surface area (Å²) in [4.78, 5) is 11.2. The normalized spacial score (nSPS) is 9.75. The zero-order chi connectivity index (χ0) is 12.1. The highest BCUT2D eigenvalue weighted by Gasteiger charge is 2.14. The van der Waals surface area contributed by atoms with Gasteiger partial charge in [0, 0.05) is 11.1 Å². The van der Waals surface area contributed by atoms with Gasteiger partial charge in [0.2, 0.25) is 5.91 Å². The lowest BCUT2D eigenvalue weighted by molar-refractivity contribution is 0.0999. The van der Waals surface area contributed by atoms with Gasteiger partial charge in [-0.2, -0.15) is 0 Å². The van der Waals surface area contributed by atoms with Crippen molar-refractivity contribution in [3.8, 4) is 5.75 Å². The summed E-state index contributed by atoms with van der Waals surface area (Å²) < 4.78 is 0. The van der Waals surface area contributed by atoms with Crippen molar-refractivity contribution in [3.05, 3.63) is 54.1 Å². The molecule has 0 atom stereocenters. The molecule has 0 fully saturated rings. The van der Waals surface area contributed by atoms with Gasteiger partial charge in [-0.25, -0.2) is 0 Å². The van der Waals surface area contributed by atoms with Crippen LogP contribution in [0.1, 0.15) is 21.5 Å². The fraction of sp³-hybridized carbons (Fsp3) is 0.154. The first-order valence-corrected chi connectivity index (χ1v) is 4.97. The zero-order valence-corrected chi connectivity index (χ0v) is 9.07. The minimum absolute atomic E-state index is 0.108. The first kappa shape index (κ1) is 12.0. The molecule has 0 aliphatic rings. The van der Waals surface area contributed by atoms with Crippen LogP contribution in [0.25, 0.3) is 0 Å². The standard InChI is InChI=1S/C13H15NO2/c1-3-5-9-7-8-11(13(14)16)10(6-4-2)12(9)15/h3-4,7-8,15H,1-2,5-6H2,(H2,14,16). The van der Waals surface area contributed by atoms with Crippen molar-refractivity contribution in [1.29, 1.82) is 0 Å². The predicted molar refractivity (Wildman–Crippen MR) is 64.4 cm³/mol. The largest absolute Gasteiger partial charge is 0.507 e. The van der Waals surface area contributed by atoms with Crippen molar-refractivity contribution >= 4 is 5.91 Å². The Morgan fingerprint density at radius 3 is 2.44 bits per heavy atom. The molecule has 1 aromatic carbocycles. The molecule has 0 heterocycles. The van der Waals surface area contributed by atoms with E-state index in [1.54, 1.807) is 24.3 Å². The molecule has 0 aliphatic heterocycles. The number of phenols is 1. The summed E-state index contributed by atoms with van der Waals surface area (Å²) in [6.07, 6.45) is 4.28. The summed E-state index contributed by atoms with van der Waals surface area (Å²) in [5.41, 5.74) is 6.83. The molecule has 0 saturated carbocycles. The van der Waals surface area contributed by atoms with Gasteiger partial charge < -0.3 is 10.8 Å². The summed E-state index contributed by atoms with van der Waals surface area (Å²) in [6, 6.07) is 3.31. The van der Waals surface area contributed by atoms with Crippen LogP contribution in [-0.4, -0.2) is 11.0 Å². The van der Waals surface area contributed by atoms with E-state index in [1.807, 2.05) is 0 Å². The average molecular weight is 217 g/mol. The molecule has 16 heavy (non-hydrogen) atoms. The van der Waals surface area contributed by atoms with Gasteiger partial charge in [0.1, 0.15) is 5.75 Å². The van der Waals surface area contributed by atoms with Crippen molar-refractivity contribution < 1.29 is 9.90 Å². The summed E-state index contributed by atoms with van der Waals surface area (Å²) in [5, 5.41) is 9.98. The number of allylic oxidation sites excluding steroid dienone is 2. The molecular weight excluding hydrogens is 202 g/mol. The number of carbonyl (C=O) groups is 1. The van der Waals surface area contributed by atoms with E-state index in [1.165, 1.54) is 0 Å². The van der Waals surface area contributed by atoms with Crippen LogP contribution in [0.3, 0.4) is 0 Å². The Morgan fingerprint density at radius 1 is 1.31 bits per heavy atom. The number of primary amides is 1. The molecule has 3 nitrogen and oxygen atoms in total. The summed E-state index contributed by atoms with van der Waals surface area (Å²) in [7, 11) is 0. The molecule has 3 N–H and O–H groups in total. The van der Waals surface area contributed by atoms with E-state index >= 15 is 0 Å². The Balaban J connectivity index is 3.34. The lowest BCUT2D eigenvalue weighted by atomic mass is 9.97. The maximum Gasteiger partial charge on any atom is 0.249 e. The molecular formula is C13H15NO2. The molecule has 3 heteroatoms. The molecule has 0 aromatic heterocycles. The fourth-order valence-electron chi connectivity index (χ4n) is 1.59. The maximum absolute atomic E-state index is 11.2. The highest BCUT2D eigenvalue weighted by atomic mass is 16.3. The van der Waals surface area contributed by atoms with Crippen molar-refractivity contribution in [2.75, 3.05) is 0 Å². The van der Waals surface area contributed by atoms with Gasteiger partial charge in [-0.3, -0.25) is 4.79 Å². The Labute approximate surface area is 94.9 Å². The number of hydrogen-bond acceptors (Lipinski definition) is 2. The quantitative estimate of drug-likeness (QED) is 0.740. The third-order valence-electron chi connectivity index (χ3n) is 2.34. The second-order valence-corrected chi connectivity index (χ2v) is 3.45. The van der Waals surface area contributed by atoms with Crippen molar-refractivity contribution in [1.82, 2.24) is 0 Å². The third-order valence-corrected chi connectivity index (χ3v) is 2.34. The van der Waals surface area contributed by atoms with Gasteiger partial charge in [0.25, 0.3) is 0 Å². The molecule has 1 amide bonds. The van der Waals surface area contributed by atoms with Crippen molar-refractivity contribution in [3.63, 3.8) is 0 Å². The molecule has 0 radical (unpaired) electrons. The summed E-state index contributed by atoms with van der Waals surface area (Å²) in [5.74, 6) is -0.437. The topological polar surface area (TPSA) is 63.3 Å². The van der Waals surface area contributed by atoms with Crippen LogP contribution in [0.4, 0.5) is 0 Å². The number of phenolic OH excluding ortho intramolecular Hbond substituents is 1. The second kappa shape index (κ2) is 5.16. The summed E-state index contributed by atoms with van der Waals surface area (Å²) >= 11 is 0. The van der Waals surface area contributed by atoms with Crippen LogP contribution < -0.4 is 5.73 Å². The maximum atomic E-state index is 11.2. The summed E-state index contributed by atoms with van der Waals surface area (Å²) in [6.45, 7) is 7.20. The van der Waals surface area contributed by atoms with E-state index in [4.69, 9.17) is 5.73 Å². The van der Waals surface area contributed by atoms with E-state index in [9.17, 15) is 9.90 Å². The third kappa shape index (κ3) is 2.31. The minimum atomic E-state index is -0.544. The number of amides is 1. The average Bonchev–Trinajstić information content (AvgIpc) is 2.24. The molecule has 0 spiro atoms. The van der Waals surface area contributed by atoms with Gasteiger partial charge in [-0.05, 0) is 24.5 Å². The number of aromatic hydroxyl groups is 1. The molecule has 0 aliphatic carbocycles. The van der Waals surface area contributed by atoms with Crippen LogP contribution >= 0.6 is 0 Å². The predicted octanol–water partition coefficient (Wildman–Crippen LogP) is 1.95. The van der Waals surface area contributed by atoms with Crippen LogP contribution in [0.15, 0.2) is 37.4 Å². The van der Waals surface area contributed by atoms with E-state index < -0.39 is 5.91 Å². The van der Waals surface area contributed by atoms with Gasteiger partial charge in [-0.1, -0.05) is 18.2 Å². The Hall–Kier alpha value is -2.03. The molecule has 1 aromatic rings. The monoisotopic (exact) mass is 217 g/mol. The van der Waals surface area contributed by atoms with Gasteiger partial charge in [0.05, 0.1) is 0 Å². The SMILES string of the molecule is C=CCc1ccc(C(N)=O)c(CC=C)c1O. The van der Waals surface area contributed by atoms with E-state index in [0.717, 1.165) is 5.56 Å². The van der Waals surface area contributed by atoms with Crippen molar-refractivity contribution in [2.24, 2.45) is 5.73 Å². The van der Waals surface area contributed by atoms with E-state index in [2.05, 4.69) is 13.2 Å². The van der Waals surface area contributed by atoms with Gasteiger partial charge in [0.15, 0.2) is 0 Å². The van der Waals surface area contributed by atoms with E-state index in [0.29, 0.717) is 24.0 Å². The number of nitrogens with two attached hydrogens (primary N) is 1. The lowest BCUT2D eigenvalue weighted by Gasteiger charge is -2.10. The minimum Gasteiger partial charge on any atom is -0.507 e. The van der Waals surface area contributed by atoms with Gasteiger partial charge >= 0.3 is 0 Å². The zero-order valence-electron chi connectivity index (χ0n) is 9.07. The number of carbonyl (C=O) groups excluding carboxylic acids is 1. The van der Waals surface area contributed by atoms with Crippen molar-refractivity contribution in [2.45, 2.75) is 12.8 Å².